The first-order valence-electron chi connectivity index (χ1n) is 9.35. The summed E-state index contributed by atoms with van der Waals surface area (Å²) in [6, 6.07) is 13.1. The van der Waals surface area contributed by atoms with Gasteiger partial charge in [0.15, 0.2) is 0 Å². The largest absolute Gasteiger partial charge is 0.479 e. The molecule has 9 nitrogen and oxygen atoms in total. The lowest BCUT2D eigenvalue weighted by Gasteiger charge is -2.11. The molecule has 1 amide bonds. The van der Waals surface area contributed by atoms with Crippen LogP contribution in [-0.4, -0.2) is 40.2 Å². The van der Waals surface area contributed by atoms with E-state index in [2.05, 4.69) is 25.4 Å². The van der Waals surface area contributed by atoms with E-state index in [0.717, 1.165) is 5.56 Å². The van der Waals surface area contributed by atoms with Crippen LogP contribution in [0.1, 0.15) is 16.1 Å². The summed E-state index contributed by atoms with van der Waals surface area (Å²) in [6.07, 6.45) is 3.19. The summed E-state index contributed by atoms with van der Waals surface area (Å²) in [7, 11) is 2.97. The summed E-state index contributed by atoms with van der Waals surface area (Å²) in [5.41, 5.74) is 3.27. The van der Waals surface area contributed by atoms with E-state index in [1.54, 1.807) is 31.5 Å². The zero-order valence-corrected chi connectivity index (χ0v) is 17.1. The topological polar surface area (TPSA) is 112 Å². The lowest BCUT2D eigenvalue weighted by Crippen LogP contribution is -2.14. The number of carbonyl (C=O) groups is 1. The third-order valence-electron chi connectivity index (χ3n) is 4.55. The minimum absolute atomic E-state index is 0.247. The SMILES string of the molecule is COc1ncc(-c2ccc(NC(=O)c3c(-c4ccccc4)noc3C)c(OC)n2)cn1. The summed E-state index contributed by atoms with van der Waals surface area (Å²) in [5.74, 6) is 0.283. The first-order chi connectivity index (χ1) is 15.1. The monoisotopic (exact) mass is 417 g/mol. The van der Waals surface area contributed by atoms with E-state index in [0.29, 0.717) is 34.0 Å². The summed E-state index contributed by atoms with van der Waals surface area (Å²) in [5, 5.41) is 6.89. The molecule has 4 rings (SSSR count). The van der Waals surface area contributed by atoms with E-state index in [9.17, 15) is 4.79 Å². The van der Waals surface area contributed by atoms with E-state index in [1.165, 1.54) is 14.2 Å². The lowest BCUT2D eigenvalue weighted by molar-refractivity contribution is 0.102. The first-order valence-corrected chi connectivity index (χ1v) is 9.35. The first kappa shape index (κ1) is 20.0. The molecule has 0 unspecified atom stereocenters. The number of hydrogen-bond donors (Lipinski definition) is 1. The molecule has 0 aliphatic heterocycles. The van der Waals surface area contributed by atoms with Gasteiger partial charge in [-0.05, 0) is 19.1 Å². The smallest absolute Gasteiger partial charge is 0.316 e. The van der Waals surface area contributed by atoms with Gasteiger partial charge in [0.25, 0.3) is 5.91 Å². The molecule has 0 saturated carbocycles. The Morgan fingerprint density at radius 1 is 0.968 bits per heavy atom. The molecule has 1 N–H and O–H groups in total. The van der Waals surface area contributed by atoms with Gasteiger partial charge in [-0.1, -0.05) is 35.5 Å². The Morgan fingerprint density at radius 2 is 1.71 bits per heavy atom. The molecule has 0 saturated heterocycles. The van der Waals surface area contributed by atoms with Crippen molar-refractivity contribution in [3.05, 3.63) is 66.2 Å². The molecule has 0 atom stereocenters. The van der Waals surface area contributed by atoms with Crippen molar-refractivity contribution in [2.45, 2.75) is 6.92 Å². The van der Waals surface area contributed by atoms with Crippen molar-refractivity contribution in [2.75, 3.05) is 19.5 Å². The molecular weight excluding hydrogens is 398 g/mol. The van der Waals surface area contributed by atoms with Crippen LogP contribution in [0, 0.1) is 6.92 Å². The molecule has 0 aliphatic rings. The fraction of sp³-hybridized carbons (Fsp3) is 0.136. The number of carbonyl (C=O) groups excluding carboxylic acids is 1. The average molecular weight is 417 g/mol. The number of pyridine rings is 1. The van der Waals surface area contributed by atoms with Crippen LogP contribution in [-0.2, 0) is 0 Å². The number of ether oxygens (including phenoxy) is 2. The molecule has 4 aromatic rings. The quantitative estimate of drug-likeness (QED) is 0.504. The minimum atomic E-state index is -0.377. The number of methoxy groups -OCH3 is 2. The van der Waals surface area contributed by atoms with Gasteiger partial charge in [0, 0.05) is 23.5 Å². The third kappa shape index (κ3) is 4.06. The van der Waals surface area contributed by atoms with Crippen molar-refractivity contribution in [2.24, 2.45) is 0 Å². The van der Waals surface area contributed by atoms with Crippen LogP contribution in [0.2, 0.25) is 0 Å². The maximum Gasteiger partial charge on any atom is 0.316 e. The molecule has 3 aromatic heterocycles. The maximum absolute atomic E-state index is 13.1. The highest BCUT2D eigenvalue weighted by molar-refractivity contribution is 6.09. The number of nitrogens with one attached hydrogen (secondary N) is 1. The number of benzene rings is 1. The second-order valence-electron chi connectivity index (χ2n) is 6.49. The van der Waals surface area contributed by atoms with Crippen LogP contribution in [0.15, 0.2) is 59.4 Å². The Morgan fingerprint density at radius 3 is 2.39 bits per heavy atom. The van der Waals surface area contributed by atoms with Crippen molar-refractivity contribution in [1.82, 2.24) is 20.1 Å². The number of hydrogen-bond acceptors (Lipinski definition) is 8. The molecule has 0 bridgehead atoms. The van der Waals surface area contributed by atoms with Crippen LogP contribution < -0.4 is 14.8 Å². The summed E-state index contributed by atoms with van der Waals surface area (Å²) >= 11 is 0. The number of aromatic nitrogens is 4. The highest BCUT2D eigenvalue weighted by atomic mass is 16.5. The normalized spacial score (nSPS) is 10.5. The second-order valence-corrected chi connectivity index (χ2v) is 6.49. The van der Waals surface area contributed by atoms with Gasteiger partial charge in [-0.3, -0.25) is 4.79 Å². The Labute approximate surface area is 178 Å². The Kier molecular flexibility index (Phi) is 5.57. The van der Waals surface area contributed by atoms with Gasteiger partial charge >= 0.3 is 6.01 Å². The van der Waals surface area contributed by atoms with Gasteiger partial charge < -0.3 is 19.3 Å². The van der Waals surface area contributed by atoms with Crippen LogP contribution in [0.25, 0.3) is 22.5 Å². The summed E-state index contributed by atoms with van der Waals surface area (Å²) in [6.45, 7) is 1.69. The Bertz CT molecular complexity index is 1210. The Balaban J connectivity index is 1.63. The number of aryl methyl sites for hydroxylation is 1. The number of amides is 1. The molecular formula is C22H19N5O4. The van der Waals surface area contributed by atoms with Crippen LogP contribution in [0.5, 0.6) is 11.9 Å². The van der Waals surface area contributed by atoms with E-state index >= 15 is 0 Å². The predicted octanol–water partition coefficient (Wildman–Crippen LogP) is 3.77. The van der Waals surface area contributed by atoms with E-state index < -0.39 is 0 Å². The van der Waals surface area contributed by atoms with E-state index in [1.807, 2.05) is 30.3 Å². The van der Waals surface area contributed by atoms with Crippen molar-refractivity contribution < 1.29 is 18.8 Å². The molecule has 9 heteroatoms. The van der Waals surface area contributed by atoms with Crippen LogP contribution in [0.3, 0.4) is 0 Å². The van der Waals surface area contributed by atoms with Crippen molar-refractivity contribution in [1.29, 1.82) is 0 Å². The highest BCUT2D eigenvalue weighted by Gasteiger charge is 2.23. The molecule has 3 heterocycles. The predicted molar refractivity (Wildman–Crippen MR) is 113 cm³/mol. The number of nitrogens with zero attached hydrogens (tertiary/aromatic N) is 4. The molecule has 0 radical (unpaired) electrons. The molecule has 156 valence electrons. The van der Waals surface area contributed by atoms with Gasteiger partial charge in [0.1, 0.15) is 22.7 Å². The molecule has 0 aliphatic carbocycles. The van der Waals surface area contributed by atoms with Gasteiger partial charge in [-0.2, -0.15) is 0 Å². The zero-order valence-electron chi connectivity index (χ0n) is 17.1. The number of rotatable bonds is 6. The minimum Gasteiger partial charge on any atom is -0.479 e. The number of anilines is 1. The van der Waals surface area contributed by atoms with Gasteiger partial charge in [0.2, 0.25) is 5.88 Å². The zero-order chi connectivity index (χ0) is 21.8. The molecule has 31 heavy (non-hydrogen) atoms. The second kappa shape index (κ2) is 8.62. The Hall–Kier alpha value is -4.27. The highest BCUT2D eigenvalue weighted by Crippen LogP contribution is 2.30. The van der Waals surface area contributed by atoms with Crippen LogP contribution in [0.4, 0.5) is 5.69 Å². The fourth-order valence-corrected chi connectivity index (χ4v) is 3.02. The average Bonchev–Trinajstić information content (AvgIpc) is 3.21. The fourth-order valence-electron chi connectivity index (χ4n) is 3.02. The lowest BCUT2D eigenvalue weighted by atomic mass is 10.1. The molecule has 0 spiro atoms. The van der Waals surface area contributed by atoms with Crippen molar-refractivity contribution >= 4 is 11.6 Å². The molecule has 0 fully saturated rings. The van der Waals surface area contributed by atoms with Gasteiger partial charge in [0.05, 0.1) is 19.9 Å². The maximum atomic E-state index is 13.1. The van der Waals surface area contributed by atoms with Crippen molar-refractivity contribution in [3.8, 4) is 34.4 Å². The van der Waals surface area contributed by atoms with Gasteiger partial charge in [-0.15, -0.1) is 0 Å². The van der Waals surface area contributed by atoms with E-state index in [-0.39, 0.29) is 17.8 Å². The summed E-state index contributed by atoms with van der Waals surface area (Å²) < 4.78 is 15.6. The molecule has 1 aromatic carbocycles. The summed E-state index contributed by atoms with van der Waals surface area (Å²) in [4.78, 5) is 25.7. The van der Waals surface area contributed by atoms with Crippen molar-refractivity contribution in [3.63, 3.8) is 0 Å². The third-order valence-corrected chi connectivity index (χ3v) is 4.55. The van der Waals surface area contributed by atoms with Crippen LogP contribution >= 0.6 is 0 Å². The standard InChI is InChI=1S/C22H19N5O4/c1-13-18(19(27-31-13)14-7-5-4-6-8-14)20(28)25-17-10-9-16(26-21(17)29-2)15-11-23-22(30-3)24-12-15/h4-12H,1-3H3,(H,25,28). The van der Waals surface area contributed by atoms with Gasteiger partial charge in [-0.25, -0.2) is 15.0 Å². The van der Waals surface area contributed by atoms with E-state index in [4.69, 9.17) is 14.0 Å².